The molecule has 0 aliphatic carbocycles. The molecule has 11 heteroatoms. The van der Waals surface area contributed by atoms with Crippen LogP contribution in [0.5, 0.6) is 11.5 Å². The second kappa shape index (κ2) is 10.7. The summed E-state index contributed by atoms with van der Waals surface area (Å²) in [6.07, 6.45) is -1.57. The molecule has 4 atom stereocenters. The number of anilines is 1. The van der Waals surface area contributed by atoms with E-state index < -0.39 is 36.1 Å². The van der Waals surface area contributed by atoms with E-state index in [-0.39, 0.29) is 17.0 Å². The summed E-state index contributed by atoms with van der Waals surface area (Å²) in [7, 11) is 3.08. The lowest BCUT2D eigenvalue weighted by atomic mass is 9.60. The highest BCUT2D eigenvalue weighted by molar-refractivity contribution is 5.81. The van der Waals surface area contributed by atoms with Crippen LogP contribution in [0.25, 0.3) is 11.2 Å². The number of nitrogen functional groups attached to an aromatic ring is 1. The molecule has 1 saturated heterocycles. The minimum absolute atomic E-state index is 0.129. The maximum atomic E-state index is 12.3. The number of hydrogen-bond donors (Lipinski definition) is 4. The normalized spacial score (nSPS) is 22.4. The topological polar surface area (TPSA) is 158 Å². The van der Waals surface area contributed by atoms with E-state index in [2.05, 4.69) is 15.0 Å². The van der Waals surface area contributed by atoms with Gasteiger partial charge >= 0.3 is 0 Å². The number of rotatable bonds is 8. The van der Waals surface area contributed by atoms with E-state index in [1.807, 2.05) is 72.8 Å². The van der Waals surface area contributed by atoms with Crippen molar-refractivity contribution in [1.82, 2.24) is 19.5 Å². The zero-order valence-electron chi connectivity index (χ0n) is 23.0. The number of ether oxygens (including phenoxy) is 3. The summed E-state index contributed by atoms with van der Waals surface area (Å²) < 4.78 is 20.1. The molecule has 3 heterocycles. The van der Waals surface area contributed by atoms with Crippen molar-refractivity contribution >= 4 is 17.0 Å². The van der Waals surface area contributed by atoms with Gasteiger partial charge in [0.2, 0.25) is 0 Å². The van der Waals surface area contributed by atoms with Crippen LogP contribution in [0.1, 0.15) is 16.7 Å². The van der Waals surface area contributed by atoms with E-state index in [0.29, 0.717) is 28.2 Å². The zero-order valence-corrected chi connectivity index (χ0v) is 23.0. The van der Waals surface area contributed by atoms with E-state index >= 15 is 0 Å². The molecular weight excluding hydrogens is 538 g/mol. The Labute approximate surface area is 241 Å². The molecule has 42 heavy (non-hydrogen) atoms. The van der Waals surface area contributed by atoms with Crippen LogP contribution in [0.3, 0.4) is 0 Å². The van der Waals surface area contributed by atoms with Crippen molar-refractivity contribution in [2.24, 2.45) is 0 Å². The molecular formula is C31H31N5O6. The van der Waals surface area contributed by atoms with Gasteiger partial charge in [-0.3, -0.25) is 4.57 Å². The fourth-order valence-electron chi connectivity index (χ4n) is 6.38. The van der Waals surface area contributed by atoms with E-state index in [0.717, 1.165) is 0 Å². The fourth-order valence-corrected chi connectivity index (χ4v) is 6.38. The van der Waals surface area contributed by atoms with Gasteiger partial charge in [-0.1, -0.05) is 72.8 Å². The van der Waals surface area contributed by atoms with Gasteiger partial charge in [0.15, 0.2) is 28.7 Å². The summed E-state index contributed by atoms with van der Waals surface area (Å²) in [4.78, 5) is 13.1. The van der Waals surface area contributed by atoms with Crippen LogP contribution < -0.4 is 15.2 Å². The minimum Gasteiger partial charge on any atom is -0.493 e. The second-order valence-electron chi connectivity index (χ2n) is 10.0. The van der Waals surface area contributed by atoms with Crippen molar-refractivity contribution in [2.75, 3.05) is 26.6 Å². The Hall–Kier alpha value is -4.55. The number of benzene rings is 3. The van der Waals surface area contributed by atoms with E-state index in [1.165, 1.54) is 19.8 Å². The summed E-state index contributed by atoms with van der Waals surface area (Å²) in [5.74, 6) is 0.947. The Balaban J connectivity index is 1.89. The lowest BCUT2D eigenvalue weighted by Crippen LogP contribution is -2.61. The van der Waals surface area contributed by atoms with Crippen molar-refractivity contribution in [2.45, 2.75) is 29.5 Å². The number of nitrogens with two attached hydrogens (primary N) is 1. The molecule has 0 radical (unpaired) electrons. The molecule has 1 aliphatic heterocycles. The zero-order chi connectivity index (χ0) is 29.5. The third kappa shape index (κ3) is 3.71. The van der Waals surface area contributed by atoms with Crippen LogP contribution in [0.4, 0.5) is 5.82 Å². The first-order valence-electron chi connectivity index (χ1n) is 13.4. The van der Waals surface area contributed by atoms with Gasteiger partial charge in [-0.2, -0.15) is 0 Å². The number of aliphatic hydroxyl groups is 3. The number of methoxy groups -OCH3 is 2. The molecule has 2 aromatic heterocycles. The predicted molar refractivity (Wildman–Crippen MR) is 154 cm³/mol. The molecule has 0 bridgehead atoms. The molecule has 0 unspecified atom stereocenters. The van der Waals surface area contributed by atoms with E-state index in [9.17, 15) is 15.3 Å². The molecule has 0 saturated carbocycles. The maximum Gasteiger partial charge on any atom is 0.194 e. The van der Waals surface area contributed by atoms with Crippen LogP contribution in [0, 0.1) is 0 Å². The number of imidazole rings is 1. The fraction of sp³-hybridized carbons (Fsp3) is 0.258. The first-order valence-corrected chi connectivity index (χ1v) is 13.4. The van der Waals surface area contributed by atoms with E-state index in [4.69, 9.17) is 19.9 Å². The van der Waals surface area contributed by atoms with Gasteiger partial charge < -0.3 is 35.3 Å². The van der Waals surface area contributed by atoms with Gasteiger partial charge in [0.05, 0.1) is 32.6 Å². The van der Waals surface area contributed by atoms with Crippen molar-refractivity contribution < 1.29 is 29.5 Å². The van der Waals surface area contributed by atoms with Gasteiger partial charge in [0.1, 0.15) is 30.2 Å². The molecule has 3 aromatic carbocycles. The first kappa shape index (κ1) is 27.6. The lowest BCUT2D eigenvalue weighted by Gasteiger charge is -2.51. The smallest absolute Gasteiger partial charge is 0.194 e. The molecule has 5 N–H and O–H groups in total. The standard InChI is InChI=1S/C31H31N5O6/c1-40-22-15-9-14-21(26(22)41-2)30(19-10-5-3-6-11-19,20-12-7-4-8-13-20)31(27(39)25(38)23(16-37)42-31)36-18-35-24-28(32)33-17-34-29(24)36/h3-15,17-18,23,25,27,37-39H,16H2,1-2H3,(H2,32,33,34)/t23-,25-,27-,31+/m1/s1. The average molecular weight is 570 g/mol. The van der Waals surface area contributed by atoms with Gasteiger partial charge in [0.25, 0.3) is 0 Å². The summed E-state index contributed by atoms with van der Waals surface area (Å²) in [5.41, 5.74) is 5.21. The molecule has 216 valence electrons. The van der Waals surface area contributed by atoms with Crippen molar-refractivity contribution in [3.05, 3.63) is 108 Å². The van der Waals surface area contributed by atoms with Crippen LogP contribution in [0.15, 0.2) is 91.5 Å². The Morgan fingerprint density at radius 2 is 1.57 bits per heavy atom. The number of aliphatic hydroxyl groups excluding tert-OH is 3. The summed E-state index contributed by atoms with van der Waals surface area (Å²) >= 11 is 0. The molecule has 5 aromatic rings. The Bertz CT molecular complexity index is 1660. The molecule has 6 rings (SSSR count). The van der Waals surface area contributed by atoms with Crippen LogP contribution in [-0.4, -0.2) is 74.0 Å². The van der Waals surface area contributed by atoms with Crippen molar-refractivity contribution in [1.29, 1.82) is 0 Å². The van der Waals surface area contributed by atoms with Gasteiger partial charge in [-0.05, 0) is 17.2 Å². The number of para-hydroxylation sites is 1. The minimum atomic E-state index is -1.93. The summed E-state index contributed by atoms with van der Waals surface area (Å²) in [6, 6.07) is 24.3. The van der Waals surface area contributed by atoms with Gasteiger partial charge in [0, 0.05) is 5.56 Å². The Kier molecular flexibility index (Phi) is 7.03. The number of hydrogen-bond acceptors (Lipinski definition) is 10. The number of fused-ring (bicyclic) bond motifs is 1. The van der Waals surface area contributed by atoms with Crippen LogP contribution >= 0.6 is 0 Å². The van der Waals surface area contributed by atoms with Crippen LogP contribution in [0.2, 0.25) is 0 Å². The monoisotopic (exact) mass is 569 g/mol. The molecule has 0 amide bonds. The third-order valence-corrected chi connectivity index (χ3v) is 8.09. The Morgan fingerprint density at radius 1 is 0.905 bits per heavy atom. The summed E-state index contributed by atoms with van der Waals surface area (Å²) in [6.45, 7) is -0.571. The molecule has 0 spiro atoms. The first-order chi connectivity index (χ1) is 20.4. The van der Waals surface area contributed by atoms with E-state index in [1.54, 1.807) is 17.7 Å². The summed E-state index contributed by atoms with van der Waals surface area (Å²) in [5, 5.41) is 34.2. The second-order valence-corrected chi connectivity index (χ2v) is 10.0. The maximum absolute atomic E-state index is 12.3. The van der Waals surface area contributed by atoms with Gasteiger partial charge in [-0.15, -0.1) is 0 Å². The van der Waals surface area contributed by atoms with Crippen LogP contribution in [-0.2, 0) is 15.9 Å². The predicted octanol–water partition coefficient (Wildman–Crippen LogP) is 2.23. The van der Waals surface area contributed by atoms with Gasteiger partial charge in [-0.25, -0.2) is 15.0 Å². The third-order valence-electron chi connectivity index (χ3n) is 8.09. The highest BCUT2D eigenvalue weighted by Gasteiger charge is 2.69. The SMILES string of the molecule is COc1cccc(C(c2ccccc2)(c2ccccc2)[C@@]2(n3cnc4c(N)ncnc43)O[C@H](CO)[C@@H](O)[C@H]2O)c1OC. The van der Waals surface area contributed by atoms with Crippen molar-refractivity contribution in [3.63, 3.8) is 0 Å². The average Bonchev–Trinajstić information content (AvgIpc) is 3.59. The molecule has 1 aliphatic rings. The molecule has 1 fully saturated rings. The van der Waals surface area contributed by atoms with Crippen molar-refractivity contribution in [3.8, 4) is 11.5 Å². The highest BCUT2D eigenvalue weighted by atomic mass is 16.6. The quantitative estimate of drug-likeness (QED) is 0.204. The lowest BCUT2D eigenvalue weighted by molar-refractivity contribution is -0.176. The largest absolute Gasteiger partial charge is 0.493 e. The Morgan fingerprint density at radius 3 is 2.14 bits per heavy atom. The number of aromatic nitrogens is 4. The molecule has 11 nitrogen and oxygen atoms in total. The number of nitrogens with zero attached hydrogens (tertiary/aromatic N) is 4. The highest BCUT2D eigenvalue weighted by Crippen LogP contribution is 2.60.